The second kappa shape index (κ2) is 12.5. The first-order chi connectivity index (χ1) is 28.9. The van der Waals surface area contributed by atoms with E-state index in [1.54, 1.807) is 0 Å². The van der Waals surface area contributed by atoms with Crippen molar-refractivity contribution < 1.29 is 4.42 Å². The van der Waals surface area contributed by atoms with Crippen molar-refractivity contribution in [2.45, 2.75) is 97.8 Å². The molecule has 1 aliphatic carbocycles. The van der Waals surface area contributed by atoms with Crippen molar-refractivity contribution in [1.82, 2.24) is 4.57 Å². The summed E-state index contributed by atoms with van der Waals surface area (Å²) in [4.78, 5) is 0. The van der Waals surface area contributed by atoms with Crippen molar-refractivity contribution in [1.29, 1.82) is 0 Å². The Labute approximate surface area is 361 Å². The van der Waals surface area contributed by atoms with Gasteiger partial charge in [-0.3, -0.25) is 0 Å². The first-order valence-electron chi connectivity index (χ1n) is 22.0. The molecule has 4 heteroatoms. The minimum atomic E-state index is -0.290. The lowest BCUT2D eigenvalue weighted by Crippen LogP contribution is -2.38. The van der Waals surface area contributed by atoms with E-state index in [1.165, 1.54) is 83.0 Å². The second-order valence-corrected chi connectivity index (χ2v) is 21.4. The van der Waals surface area contributed by atoms with Crippen molar-refractivity contribution in [3.8, 4) is 27.9 Å². The SMILES string of the molecule is CC(C)(C)c1ccc(Nc2ccc(C(C)(C)C)cc2-c2c3c(c4c5cc(C(C)(C)C)ccc5n5c4c2[B]c2cc4oc6ccccc6c4cc2-5)-c2ccccc2C3(C)C)cc1. The molecule has 7 aromatic carbocycles. The number of hydrogen-bond donors (Lipinski definition) is 1. The van der Waals surface area contributed by atoms with Gasteiger partial charge in [0, 0.05) is 55.1 Å². The Morgan fingerprint density at radius 2 is 1.23 bits per heavy atom. The summed E-state index contributed by atoms with van der Waals surface area (Å²) < 4.78 is 9.18. The molecule has 1 radical (unpaired) electrons. The average Bonchev–Trinajstić information content (AvgIpc) is 3.82. The van der Waals surface area contributed by atoms with E-state index < -0.39 is 0 Å². The number of fused-ring (bicyclic) bond motifs is 12. The van der Waals surface area contributed by atoms with Crippen molar-refractivity contribution in [2.24, 2.45) is 0 Å². The van der Waals surface area contributed by atoms with Crippen LogP contribution in [0.1, 0.15) is 104 Å². The predicted molar refractivity (Wildman–Crippen MR) is 262 cm³/mol. The highest BCUT2D eigenvalue weighted by Crippen LogP contribution is 2.57. The van der Waals surface area contributed by atoms with E-state index in [-0.39, 0.29) is 21.7 Å². The molecule has 0 bridgehead atoms. The van der Waals surface area contributed by atoms with Crippen LogP contribution in [-0.2, 0) is 21.7 Å². The van der Waals surface area contributed by atoms with Gasteiger partial charge in [-0.2, -0.15) is 0 Å². The molecule has 2 aliphatic rings. The van der Waals surface area contributed by atoms with Crippen LogP contribution in [0.5, 0.6) is 0 Å². The van der Waals surface area contributed by atoms with Crippen LogP contribution in [0.2, 0.25) is 0 Å². The van der Waals surface area contributed by atoms with E-state index in [4.69, 9.17) is 4.42 Å². The van der Waals surface area contributed by atoms with Gasteiger partial charge in [0.25, 0.3) is 0 Å². The zero-order valence-electron chi connectivity index (χ0n) is 37.5. The summed E-state index contributed by atoms with van der Waals surface area (Å²) in [6, 6.07) is 45.7. The number of benzene rings is 7. The largest absolute Gasteiger partial charge is 0.456 e. The highest BCUT2D eigenvalue weighted by Gasteiger charge is 2.43. The van der Waals surface area contributed by atoms with Gasteiger partial charge < -0.3 is 14.3 Å². The smallest absolute Gasteiger partial charge is 0.198 e. The molecule has 2 aromatic heterocycles. The third-order valence-corrected chi connectivity index (χ3v) is 13.9. The van der Waals surface area contributed by atoms with Gasteiger partial charge in [0.1, 0.15) is 11.2 Å². The standard InChI is InChI=1S/C57H54BN2O/c1-54(2,3)32-20-24-35(25-21-32)59-43-26-22-33(55(4,5)6)28-39(43)50-51-48(37-17-12-14-18-41(37)57(51,10)11)49-40-29-34(56(7,8)9)23-27-44(40)60-45-30-38-36-16-13-15-19-46(36)61-47(38)31-42(45)58-52(50)53(49)60/h12-31,59H,1-11H3. The number of nitrogens with one attached hydrogen (secondary N) is 1. The molecule has 61 heavy (non-hydrogen) atoms. The molecular formula is C57H54BN2O. The molecule has 0 unspecified atom stereocenters. The van der Waals surface area contributed by atoms with Crippen LogP contribution in [0.15, 0.2) is 126 Å². The number of rotatable bonds is 3. The van der Waals surface area contributed by atoms with Gasteiger partial charge in [-0.15, -0.1) is 0 Å². The number of hydrogen-bond acceptors (Lipinski definition) is 2. The van der Waals surface area contributed by atoms with Crippen molar-refractivity contribution in [3.05, 3.63) is 149 Å². The molecule has 0 spiro atoms. The third kappa shape index (κ3) is 5.57. The molecule has 11 rings (SSSR count). The Morgan fingerprint density at radius 3 is 1.97 bits per heavy atom. The third-order valence-electron chi connectivity index (χ3n) is 13.9. The molecule has 0 fully saturated rings. The van der Waals surface area contributed by atoms with E-state index in [0.717, 1.165) is 38.8 Å². The first kappa shape index (κ1) is 38.0. The lowest BCUT2D eigenvalue weighted by Gasteiger charge is -2.31. The van der Waals surface area contributed by atoms with Gasteiger partial charge in [0.15, 0.2) is 7.28 Å². The van der Waals surface area contributed by atoms with Crippen molar-refractivity contribution in [2.75, 3.05) is 5.32 Å². The van der Waals surface area contributed by atoms with Gasteiger partial charge in [-0.25, -0.2) is 0 Å². The van der Waals surface area contributed by atoms with E-state index in [1.807, 2.05) is 0 Å². The lowest BCUT2D eigenvalue weighted by molar-refractivity contribution is 0.590. The fraction of sp³-hybridized carbons (Fsp3) is 0.263. The van der Waals surface area contributed by atoms with Crippen LogP contribution in [0, 0.1) is 0 Å². The Bertz CT molecular complexity index is 3320. The van der Waals surface area contributed by atoms with Crippen molar-refractivity contribution >= 4 is 73.3 Å². The van der Waals surface area contributed by atoms with Crippen LogP contribution in [0.4, 0.5) is 11.4 Å². The molecule has 0 saturated heterocycles. The number of furan rings is 1. The number of anilines is 2. The maximum atomic E-state index is 6.59. The highest BCUT2D eigenvalue weighted by atomic mass is 16.3. The fourth-order valence-corrected chi connectivity index (χ4v) is 10.5. The lowest BCUT2D eigenvalue weighted by atomic mass is 9.57. The summed E-state index contributed by atoms with van der Waals surface area (Å²) in [5, 5.41) is 8.90. The molecular weight excluding hydrogens is 739 g/mol. The second-order valence-electron chi connectivity index (χ2n) is 21.4. The normalized spacial score (nSPS) is 14.4. The van der Waals surface area contributed by atoms with Gasteiger partial charge >= 0.3 is 0 Å². The minimum absolute atomic E-state index is 0.0170. The van der Waals surface area contributed by atoms with Gasteiger partial charge in [0.2, 0.25) is 0 Å². The van der Waals surface area contributed by atoms with Crippen LogP contribution < -0.4 is 16.2 Å². The summed E-state index contributed by atoms with van der Waals surface area (Å²) in [5.74, 6) is 0. The number of para-hydroxylation sites is 1. The minimum Gasteiger partial charge on any atom is -0.456 e. The zero-order chi connectivity index (χ0) is 42.5. The summed E-state index contributed by atoms with van der Waals surface area (Å²) in [6.07, 6.45) is 0. The average molecular weight is 794 g/mol. The molecule has 1 aliphatic heterocycles. The molecule has 3 heterocycles. The summed E-state index contributed by atoms with van der Waals surface area (Å²) in [7, 11) is 2.48. The Kier molecular flexibility index (Phi) is 7.80. The van der Waals surface area contributed by atoms with Crippen LogP contribution in [0.25, 0.3) is 71.7 Å². The molecule has 0 saturated carbocycles. The van der Waals surface area contributed by atoms with E-state index in [0.29, 0.717) is 0 Å². The maximum absolute atomic E-state index is 6.59. The Morgan fingerprint density at radius 1 is 0.574 bits per heavy atom. The molecule has 1 N–H and O–H groups in total. The van der Waals surface area contributed by atoms with Crippen LogP contribution >= 0.6 is 0 Å². The summed E-state index contributed by atoms with van der Waals surface area (Å²) in [6.45, 7) is 25.7. The predicted octanol–water partition coefficient (Wildman–Crippen LogP) is 14.3. The molecule has 0 atom stereocenters. The van der Waals surface area contributed by atoms with E-state index >= 15 is 0 Å². The first-order valence-corrected chi connectivity index (χ1v) is 22.0. The highest BCUT2D eigenvalue weighted by molar-refractivity contribution is 6.74. The molecule has 0 amide bonds. The molecule has 301 valence electrons. The quantitative estimate of drug-likeness (QED) is 0.181. The van der Waals surface area contributed by atoms with Crippen LogP contribution in [0.3, 0.4) is 0 Å². The van der Waals surface area contributed by atoms with Crippen molar-refractivity contribution in [3.63, 3.8) is 0 Å². The summed E-state index contributed by atoms with van der Waals surface area (Å²) in [5.41, 5.74) is 21.7. The molecule has 3 nitrogen and oxygen atoms in total. The fourth-order valence-electron chi connectivity index (χ4n) is 10.5. The Hall–Kier alpha value is -6.00. The Balaban J connectivity index is 1.31. The summed E-state index contributed by atoms with van der Waals surface area (Å²) >= 11 is 0. The topological polar surface area (TPSA) is 30.1 Å². The van der Waals surface area contributed by atoms with E-state index in [9.17, 15) is 0 Å². The van der Waals surface area contributed by atoms with Crippen LogP contribution in [-0.4, -0.2) is 11.8 Å². The molecule has 9 aromatic rings. The van der Waals surface area contributed by atoms with Gasteiger partial charge in [0.05, 0.1) is 5.52 Å². The van der Waals surface area contributed by atoms with E-state index in [2.05, 4.69) is 215 Å². The van der Waals surface area contributed by atoms with Gasteiger partial charge in [-0.1, -0.05) is 148 Å². The number of aromatic nitrogens is 1. The monoisotopic (exact) mass is 793 g/mol. The number of nitrogens with zero attached hydrogens (tertiary/aromatic N) is 1. The zero-order valence-corrected chi connectivity index (χ0v) is 37.5. The van der Waals surface area contributed by atoms with Gasteiger partial charge in [-0.05, 0) is 121 Å². The maximum Gasteiger partial charge on any atom is 0.198 e.